The zero-order chi connectivity index (χ0) is 19.6. The molecule has 1 heterocycles. The molecule has 0 aromatic carbocycles. The third kappa shape index (κ3) is 6.14. The van der Waals surface area contributed by atoms with E-state index in [0.717, 1.165) is 32.1 Å². The van der Waals surface area contributed by atoms with Crippen molar-refractivity contribution in [1.82, 2.24) is 0 Å². The Morgan fingerprint density at radius 3 is 2.12 bits per heavy atom. The first kappa shape index (κ1) is 23.8. The highest BCUT2D eigenvalue weighted by atomic mass is 16.7. The molecule has 0 spiro atoms. The van der Waals surface area contributed by atoms with Gasteiger partial charge in [0, 0.05) is 5.92 Å². The molecular formula is C20H40O6. The third-order valence-corrected chi connectivity index (χ3v) is 5.47. The highest BCUT2D eigenvalue weighted by Crippen LogP contribution is 2.39. The fraction of sp³-hybridized carbons (Fsp3) is 1.00. The molecule has 2 unspecified atom stereocenters. The Balaban J connectivity index is 2.66. The Labute approximate surface area is 158 Å². The van der Waals surface area contributed by atoms with Gasteiger partial charge in [-0.2, -0.15) is 0 Å². The van der Waals surface area contributed by atoms with Gasteiger partial charge in [0.25, 0.3) is 0 Å². The number of rotatable bonds is 13. The summed E-state index contributed by atoms with van der Waals surface area (Å²) in [7, 11) is 0. The summed E-state index contributed by atoms with van der Waals surface area (Å²) < 4.78 is 11.9. The summed E-state index contributed by atoms with van der Waals surface area (Å²) in [6, 6.07) is 0. The van der Waals surface area contributed by atoms with Crippen LogP contribution in [0.1, 0.15) is 78.6 Å². The van der Waals surface area contributed by atoms with Crippen LogP contribution in [0, 0.1) is 5.92 Å². The van der Waals surface area contributed by atoms with E-state index in [-0.39, 0.29) is 5.92 Å². The minimum Gasteiger partial charge on any atom is -0.394 e. The zero-order valence-electron chi connectivity index (χ0n) is 16.8. The van der Waals surface area contributed by atoms with Crippen LogP contribution in [0.3, 0.4) is 0 Å². The normalized spacial score (nSPS) is 33.3. The molecule has 0 aromatic rings. The lowest BCUT2D eigenvalue weighted by molar-refractivity contribution is -0.382. The molecule has 0 aromatic heterocycles. The number of aliphatic hydroxyl groups excluding tert-OH is 4. The Kier molecular flexibility index (Phi) is 11.2. The molecular weight excluding hydrogens is 336 g/mol. The molecule has 1 saturated heterocycles. The number of hydrogen-bond donors (Lipinski definition) is 4. The Morgan fingerprint density at radius 1 is 0.923 bits per heavy atom. The molecule has 0 amide bonds. The number of aliphatic hydroxyl groups is 4. The van der Waals surface area contributed by atoms with E-state index >= 15 is 0 Å². The van der Waals surface area contributed by atoms with Crippen LogP contribution < -0.4 is 0 Å². The van der Waals surface area contributed by atoms with E-state index < -0.39 is 36.8 Å². The largest absolute Gasteiger partial charge is 0.394 e. The van der Waals surface area contributed by atoms with Crippen LogP contribution in [0.2, 0.25) is 0 Å². The second kappa shape index (κ2) is 12.3. The standard InChI is InChI=1S/C20H40O6/c1-4-6-7-8-9-10-11-13-25-20(15(3)12-5-2)19(24)18(23)17(22)16(14-21)26-20/h15-19,21-24H,4-14H2,1-3H3/t15?,16-,17-,18+,19-,20?/m1/s1. The van der Waals surface area contributed by atoms with E-state index in [1.165, 1.54) is 25.7 Å². The number of hydrogen-bond acceptors (Lipinski definition) is 6. The first-order valence-electron chi connectivity index (χ1n) is 10.4. The van der Waals surface area contributed by atoms with Crippen LogP contribution in [-0.4, -0.2) is 63.8 Å². The second-order valence-corrected chi connectivity index (χ2v) is 7.65. The number of ether oxygens (including phenoxy) is 2. The fourth-order valence-electron chi connectivity index (χ4n) is 3.76. The summed E-state index contributed by atoms with van der Waals surface area (Å²) in [5.41, 5.74) is 0. The van der Waals surface area contributed by atoms with Crippen molar-refractivity contribution in [3.05, 3.63) is 0 Å². The van der Waals surface area contributed by atoms with E-state index in [1.807, 2.05) is 13.8 Å². The monoisotopic (exact) mass is 376 g/mol. The lowest BCUT2D eigenvalue weighted by atomic mass is 9.83. The van der Waals surface area contributed by atoms with E-state index in [1.54, 1.807) is 0 Å². The van der Waals surface area contributed by atoms with Gasteiger partial charge in [-0.15, -0.1) is 0 Å². The molecule has 6 heteroatoms. The first-order valence-corrected chi connectivity index (χ1v) is 10.4. The predicted octanol–water partition coefficient (Wildman–Crippen LogP) is 2.36. The van der Waals surface area contributed by atoms with Crippen molar-refractivity contribution in [2.24, 2.45) is 5.92 Å². The van der Waals surface area contributed by atoms with Gasteiger partial charge in [-0.1, -0.05) is 65.7 Å². The first-order chi connectivity index (χ1) is 12.4. The van der Waals surface area contributed by atoms with Gasteiger partial charge in [0.1, 0.15) is 24.4 Å². The zero-order valence-corrected chi connectivity index (χ0v) is 16.8. The molecule has 0 saturated carbocycles. The molecule has 0 radical (unpaired) electrons. The van der Waals surface area contributed by atoms with Crippen LogP contribution in [0.25, 0.3) is 0 Å². The molecule has 4 N–H and O–H groups in total. The van der Waals surface area contributed by atoms with Gasteiger partial charge >= 0.3 is 0 Å². The Hall–Kier alpha value is -0.240. The van der Waals surface area contributed by atoms with Crippen LogP contribution in [-0.2, 0) is 9.47 Å². The maximum Gasteiger partial charge on any atom is 0.200 e. The quantitative estimate of drug-likeness (QED) is 0.368. The van der Waals surface area contributed by atoms with E-state index in [0.29, 0.717) is 6.61 Å². The van der Waals surface area contributed by atoms with E-state index in [2.05, 4.69) is 6.92 Å². The highest BCUT2D eigenvalue weighted by molar-refractivity contribution is 4.99. The summed E-state index contributed by atoms with van der Waals surface area (Å²) in [4.78, 5) is 0. The lowest BCUT2D eigenvalue weighted by Crippen LogP contribution is -2.68. The SMILES string of the molecule is CCCCCCCCCOC1(C(C)CCC)O[C@H](CO)[C@@H](O)[C@H](O)[C@H]1O. The molecule has 156 valence electrons. The molecule has 6 atom stereocenters. The molecule has 0 bridgehead atoms. The minimum atomic E-state index is -1.41. The van der Waals surface area contributed by atoms with Crippen molar-refractivity contribution in [2.75, 3.05) is 13.2 Å². The van der Waals surface area contributed by atoms with Gasteiger partial charge in [0.2, 0.25) is 0 Å². The smallest absolute Gasteiger partial charge is 0.200 e. The van der Waals surface area contributed by atoms with Crippen molar-refractivity contribution < 1.29 is 29.9 Å². The Bertz CT molecular complexity index is 364. The van der Waals surface area contributed by atoms with E-state index in [9.17, 15) is 20.4 Å². The van der Waals surface area contributed by atoms with Crippen LogP contribution in [0.4, 0.5) is 0 Å². The molecule has 26 heavy (non-hydrogen) atoms. The number of unbranched alkanes of at least 4 members (excludes halogenated alkanes) is 6. The maximum absolute atomic E-state index is 10.6. The van der Waals surface area contributed by atoms with Gasteiger partial charge < -0.3 is 29.9 Å². The van der Waals surface area contributed by atoms with Crippen molar-refractivity contribution in [3.63, 3.8) is 0 Å². The van der Waals surface area contributed by atoms with Gasteiger partial charge in [0.15, 0.2) is 5.79 Å². The van der Waals surface area contributed by atoms with Gasteiger partial charge in [0.05, 0.1) is 13.2 Å². The summed E-state index contributed by atoms with van der Waals surface area (Å²) in [5.74, 6) is -1.58. The van der Waals surface area contributed by atoms with Crippen molar-refractivity contribution in [1.29, 1.82) is 0 Å². The van der Waals surface area contributed by atoms with Crippen molar-refractivity contribution in [2.45, 2.75) is 109 Å². The van der Waals surface area contributed by atoms with Gasteiger partial charge in [-0.25, -0.2) is 0 Å². The molecule has 1 aliphatic rings. The second-order valence-electron chi connectivity index (χ2n) is 7.65. The summed E-state index contributed by atoms with van der Waals surface area (Å²) in [6.07, 6.45) is 4.61. The van der Waals surface area contributed by atoms with Gasteiger partial charge in [-0.3, -0.25) is 0 Å². The van der Waals surface area contributed by atoms with Crippen LogP contribution in [0.5, 0.6) is 0 Å². The molecule has 1 aliphatic heterocycles. The lowest BCUT2D eigenvalue weighted by Gasteiger charge is -2.51. The molecule has 6 nitrogen and oxygen atoms in total. The average molecular weight is 377 g/mol. The average Bonchev–Trinajstić information content (AvgIpc) is 2.64. The summed E-state index contributed by atoms with van der Waals surface area (Å²) in [6.45, 7) is 6.12. The van der Waals surface area contributed by atoms with Crippen LogP contribution in [0.15, 0.2) is 0 Å². The topological polar surface area (TPSA) is 99.4 Å². The maximum atomic E-state index is 10.6. The molecule has 1 fully saturated rings. The van der Waals surface area contributed by atoms with Crippen molar-refractivity contribution in [3.8, 4) is 0 Å². The molecule has 1 rings (SSSR count). The summed E-state index contributed by atoms with van der Waals surface area (Å²) >= 11 is 0. The third-order valence-electron chi connectivity index (χ3n) is 5.47. The fourth-order valence-corrected chi connectivity index (χ4v) is 3.76. The van der Waals surface area contributed by atoms with E-state index in [4.69, 9.17) is 9.47 Å². The Morgan fingerprint density at radius 2 is 1.54 bits per heavy atom. The van der Waals surface area contributed by atoms with Crippen molar-refractivity contribution >= 4 is 0 Å². The van der Waals surface area contributed by atoms with Gasteiger partial charge in [-0.05, 0) is 12.8 Å². The van der Waals surface area contributed by atoms with Crippen LogP contribution >= 0.6 is 0 Å². The minimum absolute atomic E-state index is 0.178. The summed E-state index contributed by atoms with van der Waals surface area (Å²) in [5, 5.41) is 40.4. The highest BCUT2D eigenvalue weighted by Gasteiger charge is 2.56. The predicted molar refractivity (Wildman–Crippen MR) is 101 cm³/mol. The molecule has 0 aliphatic carbocycles.